The number of hydrogen-bond acceptors (Lipinski definition) is 2. The molecule has 0 bridgehead atoms. The molecule has 19 heavy (non-hydrogen) atoms. The van der Waals surface area contributed by atoms with E-state index in [1.165, 1.54) is 24.3 Å². The summed E-state index contributed by atoms with van der Waals surface area (Å²) in [5.41, 5.74) is 5.91. The molecule has 2 aromatic carbocycles. The van der Waals surface area contributed by atoms with Crippen LogP contribution < -0.4 is 11.1 Å². The van der Waals surface area contributed by atoms with Gasteiger partial charge in [-0.1, -0.05) is 36.0 Å². The molecule has 2 aromatic rings. The minimum absolute atomic E-state index is 0.0294. The van der Waals surface area contributed by atoms with Crippen LogP contribution in [-0.4, -0.2) is 4.99 Å². The fraction of sp³-hybridized carbons (Fsp3) is 0. The first-order valence-electron chi connectivity index (χ1n) is 5.30. The average Bonchev–Trinajstić information content (AvgIpc) is 2.34. The molecule has 0 aliphatic rings. The molecule has 0 radical (unpaired) electrons. The van der Waals surface area contributed by atoms with Gasteiger partial charge in [-0.25, -0.2) is 8.78 Å². The van der Waals surface area contributed by atoms with Crippen molar-refractivity contribution in [1.29, 1.82) is 0 Å². The van der Waals surface area contributed by atoms with Crippen molar-refractivity contribution >= 4 is 40.2 Å². The second-order valence-corrected chi connectivity index (χ2v) is 4.60. The molecule has 0 saturated heterocycles. The summed E-state index contributed by atoms with van der Waals surface area (Å²) >= 11 is 10.5. The number of benzene rings is 2. The zero-order valence-electron chi connectivity index (χ0n) is 9.58. The monoisotopic (exact) mass is 298 g/mol. The Morgan fingerprint density at radius 1 is 1.11 bits per heavy atom. The number of halogens is 3. The molecule has 0 unspecified atom stereocenters. The Bertz CT molecular complexity index is 647. The molecule has 0 saturated carbocycles. The summed E-state index contributed by atoms with van der Waals surface area (Å²) in [7, 11) is 0. The molecule has 0 aliphatic heterocycles. The highest BCUT2D eigenvalue weighted by molar-refractivity contribution is 7.80. The molecule has 0 aromatic heterocycles. The van der Waals surface area contributed by atoms with Crippen LogP contribution in [0.3, 0.4) is 0 Å². The molecule has 2 rings (SSSR count). The van der Waals surface area contributed by atoms with E-state index < -0.39 is 11.6 Å². The number of nitrogens with two attached hydrogens (primary N) is 1. The van der Waals surface area contributed by atoms with Gasteiger partial charge in [0.15, 0.2) is 5.82 Å². The van der Waals surface area contributed by atoms with Crippen LogP contribution in [0.5, 0.6) is 0 Å². The number of anilines is 2. The largest absolute Gasteiger partial charge is 0.389 e. The smallest absolute Gasteiger partial charge is 0.165 e. The van der Waals surface area contributed by atoms with E-state index in [0.717, 1.165) is 0 Å². The maximum absolute atomic E-state index is 13.8. The van der Waals surface area contributed by atoms with Crippen molar-refractivity contribution in [3.05, 3.63) is 58.6 Å². The Morgan fingerprint density at radius 2 is 1.74 bits per heavy atom. The van der Waals surface area contributed by atoms with E-state index in [4.69, 9.17) is 29.6 Å². The summed E-state index contributed by atoms with van der Waals surface area (Å²) < 4.78 is 27.4. The number of thiocarbonyl (C=S) groups is 1. The molecule has 98 valence electrons. The van der Waals surface area contributed by atoms with Gasteiger partial charge in [0.05, 0.1) is 22.0 Å². The van der Waals surface area contributed by atoms with Gasteiger partial charge in [0.25, 0.3) is 0 Å². The Labute approximate surface area is 119 Å². The molecule has 0 fully saturated rings. The topological polar surface area (TPSA) is 38.0 Å². The molecule has 2 nitrogen and oxygen atoms in total. The number of nitrogens with one attached hydrogen (secondary N) is 1. The molecular formula is C13H9ClF2N2S. The maximum Gasteiger partial charge on any atom is 0.165 e. The first-order chi connectivity index (χ1) is 9.00. The average molecular weight is 299 g/mol. The molecule has 6 heteroatoms. The summed E-state index contributed by atoms with van der Waals surface area (Å²) in [6.07, 6.45) is 0. The minimum atomic E-state index is -0.623. The van der Waals surface area contributed by atoms with E-state index in [1.54, 1.807) is 12.1 Å². The fourth-order valence-electron chi connectivity index (χ4n) is 1.62. The third-order valence-corrected chi connectivity index (χ3v) is 2.98. The van der Waals surface area contributed by atoms with Crippen molar-refractivity contribution in [2.75, 3.05) is 5.32 Å². The van der Waals surface area contributed by atoms with Gasteiger partial charge >= 0.3 is 0 Å². The minimum Gasteiger partial charge on any atom is -0.389 e. The van der Waals surface area contributed by atoms with Gasteiger partial charge in [-0.2, -0.15) is 0 Å². The van der Waals surface area contributed by atoms with Crippen molar-refractivity contribution in [2.45, 2.75) is 0 Å². The Hall–Kier alpha value is -1.72. The highest BCUT2D eigenvalue weighted by Gasteiger charge is 2.13. The van der Waals surface area contributed by atoms with Crippen LogP contribution in [0.1, 0.15) is 5.56 Å². The summed E-state index contributed by atoms with van der Waals surface area (Å²) in [5, 5.41) is 2.71. The van der Waals surface area contributed by atoms with Crippen LogP contribution in [0.4, 0.5) is 20.2 Å². The SMILES string of the molecule is NC(=S)c1c(F)cccc1Nc1cccc(Cl)c1F. The van der Waals surface area contributed by atoms with Gasteiger partial charge in [-0.3, -0.25) is 0 Å². The normalized spacial score (nSPS) is 10.3. The molecule has 0 heterocycles. The zero-order chi connectivity index (χ0) is 14.0. The zero-order valence-corrected chi connectivity index (χ0v) is 11.2. The molecule has 0 spiro atoms. The van der Waals surface area contributed by atoms with E-state index in [0.29, 0.717) is 0 Å². The first-order valence-corrected chi connectivity index (χ1v) is 6.08. The van der Waals surface area contributed by atoms with Crippen LogP contribution in [-0.2, 0) is 0 Å². The van der Waals surface area contributed by atoms with Crippen LogP contribution in [0.2, 0.25) is 5.02 Å². The third-order valence-electron chi connectivity index (χ3n) is 2.48. The van der Waals surface area contributed by atoms with Gasteiger partial charge in [0.1, 0.15) is 10.8 Å². The highest BCUT2D eigenvalue weighted by atomic mass is 35.5. The van der Waals surface area contributed by atoms with Crippen LogP contribution in [0.15, 0.2) is 36.4 Å². The van der Waals surface area contributed by atoms with E-state index in [9.17, 15) is 8.78 Å². The molecular weight excluding hydrogens is 290 g/mol. The van der Waals surface area contributed by atoms with Crippen molar-refractivity contribution in [2.24, 2.45) is 5.73 Å². The van der Waals surface area contributed by atoms with Crippen LogP contribution in [0, 0.1) is 11.6 Å². The van der Waals surface area contributed by atoms with E-state index in [2.05, 4.69) is 5.32 Å². The van der Waals surface area contributed by atoms with Crippen molar-refractivity contribution < 1.29 is 8.78 Å². The van der Waals surface area contributed by atoms with Gasteiger partial charge < -0.3 is 11.1 Å². The van der Waals surface area contributed by atoms with Crippen molar-refractivity contribution in [3.8, 4) is 0 Å². The quantitative estimate of drug-likeness (QED) is 0.841. The lowest BCUT2D eigenvalue weighted by atomic mass is 10.1. The van der Waals surface area contributed by atoms with E-state index in [-0.39, 0.29) is 26.9 Å². The third kappa shape index (κ3) is 2.83. The second-order valence-electron chi connectivity index (χ2n) is 3.75. The first kappa shape index (κ1) is 13.7. The second kappa shape index (κ2) is 5.50. The molecule has 0 atom stereocenters. The number of hydrogen-bond donors (Lipinski definition) is 2. The van der Waals surface area contributed by atoms with E-state index in [1.807, 2.05) is 0 Å². The lowest BCUT2D eigenvalue weighted by Gasteiger charge is -2.13. The molecule has 0 aliphatic carbocycles. The Balaban J connectivity index is 2.47. The van der Waals surface area contributed by atoms with Crippen molar-refractivity contribution in [3.63, 3.8) is 0 Å². The summed E-state index contributed by atoms with van der Waals surface area (Å²) in [5.74, 6) is -1.19. The fourth-order valence-corrected chi connectivity index (χ4v) is 2.01. The summed E-state index contributed by atoms with van der Waals surface area (Å²) in [6, 6.07) is 8.74. The predicted molar refractivity (Wildman–Crippen MR) is 77.0 cm³/mol. The maximum atomic E-state index is 13.8. The number of rotatable bonds is 3. The molecule has 3 N–H and O–H groups in total. The van der Waals surface area contributed by atoms with Crippen molar-refractivity contribution in [1.82, 2.24) is 0 Å². The highest BCUT2D eigenvalue weighted by Crippen LogP contribution is 2.28. The van der Waals surface area contributed by atoms with Crippen LogP contribution >= 0.6 is 23.8 Å². The molecule has 0 amide bonds. The predicted octanol–water partition coefficient (Wildman–Crippen LogP) is 4.00. The summed E-state index contributed by atoms with van der Waals surface area (Å²) in [4.78, 5) is -0.108. The Kier molecular flexibility index (Phi) is 3.97. The van der Waals surface area contributed by atoms with Gasteiger partial charge in [-0.05, 0) is 24.3 Å². The Morgan fingerprint density at radius 3 is 2.42 bits per heavy atom. The standard InChI is InChI=1S/C13H9ClF2N2S/c14-7-3-1-6-10(12(7)16)18-9-5-2-4-8(15)11(9)13(17)19/h1-6,18H,(H2,17,19). The van der Waals surface area contributed by atoms with Gasteiger partial charge in [-0.15, -0.1) is 0 Å². The van der Waals surface area contributed by atoms with Gasteiger partial charge in [0, 0.05) is 0 Å². The lowest BCUT2D eigenvalue weighted by molar-refractivity contribution is 0.625. The van der Waals surface area contributed by atoms with E-state index >= 15 is 0 Å². The van der Waals surface area contributed by atoms with Gasteiger partial charge in [0.2, 0.25) is 0 Å². The lowest BCUT2D eigenvalue weighted by Crippen LogP contribution is -2.14. The van der Waals surface area contributed by atoms with Crippen LogP contribution in [0.25, 0.3) is 0 Å². The summed E-state index contributed by atoms with van der Waals surface area (Å²) in [6.45, 7) is 0.